The lowest BCUT2D eigenvalue weighted by atomic mass is 10.3. The molecule has 0 saturated heterocycles. The summed E-state index contributed by atoms with van der Waals surface area (Å²) in [5.74, 6) is 0.584. The summed E-state index contributed by atoms with van der Waals surface area (Å²) in [6.07, 6.45) is 3.05. The van der Waals surface area contributed by atoms with Gasteiger partial charge in [-0.25, -0.2) is 4.98 Å². The number of amides is 1. The number of nitrogens with zero attached hydrogens (tertiary/aromatic N) is 1. The molecule has 1 aromatic heterocycles. The Bertz CT molecular complexity index is 338. The Kier molecular flexibility index (Phi) is 6.03. The van der Waals surface area contributed by atoms with Gasteiger partial charge < -0.3 is 15.4 Å². The molecule has 2 N–H and O–H groups in total. The molecule has 0 fully saturated rings. The van der Waals surface area contributed by atoms with Crippen LogP contribution in [0.4, 0.5) is 11.5 Å². The van der Waals surface area contributed by atoms with Gasteiger partial charge in [0, 0.05) is 20.1 Å². The van der Waals surface area contributed by atoms with E-state index in [2.05, 4.69) is 15.6 Å². The van der Waals surface area contributed by atoms with Crippen molar-refractivity contribution in [2.75, 3.05) is 30.9 Å². The van der Waals surface area contributed by atoms with E-state index in [1.807, 2.05) is 13.0 Å². The quantitative estimate of drug-likeness (QED) is 0.711. The van der Waals surface area contributed by atoms with Crippen molar-refractivity contribution < 1.29 is 9.53 Å². The maximum Gasteiger partial charge on any atom is 0.225 e. The van der Waals surface area contributed by atoms with Crippen LogP contribution in [0, 0.1) is 0 Å². The van der Waals surface area contributed by atoms with Crippen LogP contribution >= 0.6 is 0 Å². The predicted octanol–water partition coefficient (Wildman–Crippen LogP) is 1.88. The molecule has 17 heavy (non-hydrogen) atoms. The summed E-state index contributed by atoms with van der Waals surface area (Å²) in [5, 5.41) is 5.89. The number of hydrogen-bond donors (Lipinski definition) is 2. The molecule has 0 aliphatic heterocycles. The van der Waals surface area contributed by atoms with Crippen molar-refractivity contribution in [3.05, 3.63) is 18.3 Å². The fourth-order valence-corrected chi connectivity index (χ4v) is 1.30. The number of pyridine rings is 1. The minimum atomic E-state index is 0.0000853. The molecule has 1 rings (SSSR count). The monoisotopic (exact) mass is 237 g/mol. The van der Waals surface area contributed by atoms with Gasteiger partial charge in [-0.05, 0) is 18.6 Å². The second-order valence-corrected chi connectivity index (χ2v) is 3.65. The average molecular weight is 237 g/mol. The minimum Gasteiger partial charge on any atom is -0.383 e. The van der Waals surface area contributed by atoms with Crippen molar-refractivity contribution in [1.82, 2.24) is 4.98 Å². The van der Waals surface area contributed by atoms with Crippen molar-refractivity contribution in [3.63, 3.8) is 0 Å². The highest BCUT2D eigenvalue weighted by atomic mass is 16.5. The van der Waals surface area contributed by atoms with Gasteiger partial charge in [0.05, 0.1) is 18.5 Å². The third-order valence-corrected chi connectivity index (χ3v) is 2.14. The Hall–Kier alpha value is -1.62. The maximum absolute atomic E-state index is 11.3. The third kappa shape index (κ3) is 5.31. The number of methoxy groups -OCH3 is 1. The highest BCUT2D eigenvalue weighted by molar-refractivity contribution is 5.89. The lowest BCUT2D eigenvalue weighted by molar-refractivity contribution is -0.116. The number of nitrogens with one attached hydrogen (secondary N) is 2. The van der Waals surface area contributed by atoms with Gasteiger partial charge in [-0.2, -0.15) is 0 Å². The van der Waals surface area contributed by atoms with E-state index >= 15 is 0 Å². The molecule has 1 amide bonds. The maximum atomic E-state index is 11.3. The van der Waals surface area contributed by atoms with Crippen LogP contribution in [0.25, 0.3) is 0 Å². The molecular formula is C12H19N3O2. The molecule has 5 nitrogen and oxygen atoms in total. The lowest BCUT2D eigenvalue weighted by Gasteiger charge is -2.07. The Labute approximate surface area is 102 Å². The van der Waals surface area contributed by atoms with Gasteiger partial charge in [-0.15, -0.1) is 0 Å². The molecule has 0 unspecified atom stereocenters. The first kappa shape index (κ1) is 13.4. The largest absolute Gasteiger partial charge is 0.383 e. The van der Waals surface area contributed by atoms with Gasteiger partial charge in [-0.3, -0.25) is 4.79 Å². The van der Waals surface area contributed by atoms with Gasteiger partial charge in [-0.1, -0.05) is 6.92 Å². The molecule has 0 aliphatic rings. The van der Waals surface area contributed by atoms with Crippen molar-refractivity contribution >= 4 is 17.4 Å². The first-order valence-electron chi connectivity index (χ1n) is 5.75. The Morgan fingerprint density at radius 2 is 2.29 bits per heavy atom. The van der Waals surface area contributed by atoms with Gasteiger partial charge in [0.2, 0.25) is 5.91 Å². The predicted molar refractivity (Wildman–Crippen MR) is 68.1 cm³/mol. The standard InChI is InChI=1S/C12H19N3O2/c1-3-4-12(16)15-11-6-5-10(9-14-11)13-7-8-17-2/h5-6,9,13H,3-4,7-8H2,1-2H3,(H,14,15,16). The second-order valence-electron chi connectivity index (χ2n) is 3.65. The third-order valence-electron chi connectivity index (χ3n) is 2.14. The van der Waals surface area contributed by atoms with Crippen molar-refractivity contribution in [3.8, 4) is 0 Å². The molecule has 0 radical (unpaired) electrons. The zero-order chi connectivity index (χ0) is 12.5. The number of anilines is 2. The Morgan fingerprint density at radius 1 is 1.47 bits per heavy atom. The van der Waals surface area contributed by atoms with Crippen LogP contribution in [-0.2, 0) is 9.53 Å². The molecule has 0 spiro atoms. The molecule has 1 heterocycles. The van der Waals surface area contributed by atoms with Crippen LogP contribution in [-0.4, -0.2) is 31.2 Å². The molecule has 0 aromatic carbocycles. The lowest BCUT2D eigenvalue weighted by Crippen LogP contribution is -2.12. The van der Waals surface area contributed by atoms with Crippen molar-refractivity contribution in [1.29, 1.82) is 0 Å². The molecule has 0 saturated carbocycles. The molecule has 0 aliphatic carbocycles. The van der Waals surface area contributed by atoms with Crippen LogP contribution in [0.1, 0.15) is 19.8 Å². The number of hydrogen-bond acceptors (Lipinski definition) is 4. The van der Waals surface area contributed by atoms with Crippen LogP contribution < -0.4 is 10.6 Å². The summed E-state index contributed by atoms with van der Waals surface area (Å²) in [5.41, 5.74) is 0.913. The summed E-state index contributed by atoms with van der Waals surface area (Å²) >= 11 is 0. The topological polar surface area (TPSA) is 63.2 Å². The van der Waals surface area contributed by atoms with E-state index < -0.39 is 0 Å². The first-order valence-corrected chi connectivity index (χ1v) is 5.75. The van der Waals surface area contributed by atoms with Crippen molar-refractivity contribution in [2.45, 2.75) is 19.8 Å². The van der Waals surface area contributed by atoms with Gasteiger partial charge in [0.1, 0.15) is 5.82 Å². The second kappa shape index (κ2) is 7.62. The highest BCUT2D eigenvalue weighted by Gasteiger charge is 2.01. The Morgan fingerprint density at radius 3 is 2.88 bits per heavy atom. The SMILES string of the molecule is CCCC(=O)Nc1ccc(NCCOC)cn1. The molecular weight excluding hydrogens is 218 g/mol. The molecule has 5 heteroatoms. The van der Waals surface area contributed by atoms with Crippen LogP contribution in [0.2, 0.25) is 0 Å². The van der Waals surface area contributed by atoms with E-state index in [0.717, 1.165) is 18.7 Å². The zero-order valence-corrected chi connectivity index (χ0v) is 10.3. The fraction of sp³-hybridized carbons (Fsp3) is 0.500. The van der Waals surface area contributed by atoms with E-state index in [4.69, 9.17) is 4.74 Å². The first-order chi connectivity index (χ1) is 8.26. The summed E-state index contributed by atoms with van der Waals surface area (Å²) < 4.78 is 4.93. The summed E-state index contributed by atoms with van der Waals surface area (Å²) in [4.78, 5) is 15.5. The van der Waals surface area contributed by atoms with E-state index in [0.29, 0.717) is 18.8 Å². The summed E-state index contributed by atoms with van der Waals surface area (Å²) in [6.45, 7) is 3.35. The number of ether oxygens (including phenoxy) is 1. The molecule has 0 atom stereocenters. The van der Waals surface area contributed by atoms with Gasteiger partial charge in [0.15, 0.2) is 0 Å². The number of rotatable bonds is 7. The molecule has 1 aromatic rings. The van der Waals surface area contributed by atoms with E-state index in [1.165, 1.54) is 0 Å². The van der Waals surface area contributed by atoms with E-state index in [1.54, 1.807) is 19.4 Å². The number of carbonyl (C=O) groups excluding carboxylic acids is 1. The highest BCUT2D eigenvalue weighted by Crippen LogP contribution is 2.09. The van der Waals surface area contributed by atoms with Gasteiger partial charge >= 0.3 is 0 Å². The zero-order valence-electron chi connectivity index (χ0n) is 10.3. The fourth-order valence-electron chi connectivity index (χ4n) is 1.30. The average Bonchev–Trinajstić information content (AvgIpc) is 2.32. The minimum absolute atomic E-state index is 0.0000853. The number of carbonyl (C=O) groups is 1. The van der Waals surface area contributed by atoms with Crippen molar-refractivity contribution in [2.24, 2.45) is 0 Å². The summed E-state index contributed by atoms with van der Waals surface area (Å²) in [6, 6.07) is 3.66. The van der Waals surface area contributed by atoms with Gasteiger partial charge in [0.25, 0.3) is 0 Å². The van der Waals surface area contributed by atoms with Crippen LogP contribution in [0.5, 0.6) is 0 Å². The molecule has 0 bridgehead atoms. The molecule has 94 valence electrons. The van der Waals surface area contributed by atoms with E-state index in [-0.39, 0.29) is 5.91 Å². The van der Waals surface area contributed by atoms with E-state index in [9.17, 15) is 4.79 Å². The van der Waals surface area contributed by atoms with Crippen LogP contribution in [0.3, 0.4) is 0 Å². The smallest absolute Gasteiger partial charge is 0.225 e. The Balaban J connectivity index is 2.41. The number of aromatic nitrogens is 1. The van der Waals surface area contributed by atoms with Crippen LogP contribution in [0.15, 0.2) is 18.3 Å². The normalized spacial score (nSPS) is 10.0. The summed E-state index contributed by atoms with van der Waals surface area (Å²) in [7, 11) is 1.66.